The Balaban J connectivity index is 0.00000361. The van der Waals surface area contributed by atoms with Gasteiger partial charge < -0.3 is 16.0 Å². The SMILES string of the molecule is CC(C)CC(C)(CN)NC(=O)CN1CC(=O)NC1=O.Cl. The first-order valence-corrected chi connectivity index (χ1v) is 6.35. The third-order valence-electron chi connectivity index (χ3n) is 2.95. The van der Waals surface area contributed by atoms with E-state index in [2.05, 4.69) is 10.6 Å². The summed E-state index contributed by atoms with van der Waals surface area (Å²) in [5, 5.41) is 4.96. The largest absolute Gasteiger partial charge is 0.348 e. The quantitative estimate of drug-likeness (QED) is 0.593. The Morgan fingerprint density at radius 3 is 2.50 bits per heavy atom. The van der Waals surface area contributed by atoms with Crippen LogP contribution in [0, 0.1) is 5.92 Å². The maximum atomic E-state index is 11.9. The van der Waals surface area contributed by atoms with Gasteiger partial charge in [0.1, 0.15) is 13.1 Å². The van der Waals surface area contributed by atoms with Gasteiger partial charge in [-0.15, -0.1) is 12.4 Å². The topological polar surface area (TPSA) is 105 Å². The lowest BCUT2D eigenvalue weighted by Gasteiger charge is -2.31. The number of amides is 4. The second kappa shape index (κ2) is 7.44. The van der Waals surface area contributed by atoms with E-state index in [-0.39, 0.29) is 37.3 Å². The number of hydrogen-bond acceptors (Lipinski definition) is 4. The summed E-state index contributed by atoms with van der Waals surface area (Å²) in [7, 11) is 0. The molecule has 0 aromatic heterocycles. The van der Waals surface area contributed by atoms with Crippen molar-refractivity contribution in [1.29, 1.82) is 0 Å². The Bertz CT molecular complexity index is 389. The molecule has 0 aliphatic carbocycles. The van der Waals surface area contributed by atoms with Crippen LogP contribution in [-0.2, 0) is 9.59 Å². The summed E-state index contributed by atoms with van der Waals surface area (Å²) < 4.78 is 0. The van der Waals surface area contributed by atoms with Crippen LogP contribution in [0.15, 0.2) is 0 Å². The van der Waals surface area contributed by atoms with Crippen LogP contribution in [0.3, 0.4) is 0 Å². The van der Waals surface area contributed by atoms with E-state index < -0.39 is 11.6 Å². The highest BCUT2D eigenvalue weighted by atomic mass is 35.5. The standard InChI is InChI=1S/C12H22N4O3.ClH/c1-8(2)4-12(3,7-13)15-10(18)6-16-5-9(17)14-11(16)19;/h8H,4-7,13H2,1-3H3,(H,15,18)(H,14,17,19);1H. The third-order valence-corrected chi connectivity index (χ3v) is 2.95. The highest BCUT2D eigenvalue weighted by Gasteiger charge is 2.31. The molecule has 4 amide bonds. The first-order valence-electron chi connectivity index (χ1n) is 6.35. The lowest BCUT2D eigenvalue weighted by molar-refractivity contribution is -0.123. The number of carbonyl (C=O) groups is 3. The van der Waals surface area contributed by atoms with Gasteiger partial charge in [-0.1, -0.05) is 13.8 Å². The second-order valence-corrected chi connectivity index (χ2v) is 5.62. The van der Waals surface area contributed by atoms with Crippen LogP contribution in [0.5, 0.6) is 0 Å². The Hall–Kier alpha value is -1.34. The predicted molar refractivity (Wildman–Crippen MR) is 77.4 cm³/mol. The van der Waals surface area contributed by atoms with E-state index >= 15 is 0 Å². The zero-order valence-electron chi connectivity index (χ0n) is 12.1. The Morgan fingerprint density at radius 1 is 1.50 bits per heavy atom. The van der Waals surface area contributed by atoms with Gasteiger partial charge in [-0.3, -0.25) is 14.9 Å². The van der Waals surface area contributed by atoms with Crippen molar-refractivity contribution < 1.29 is 14.4 Å². The van der Waals surface area contributed by atoms with Crippen molar-refractivity contribution in [2.45, 2.75) is 32.7 Å². The molecule has 1 rings (SSSR count). The number of nitrogens with zero attached hydrogens (tertiary/aromatic N) is 1. The summed E-state index contributed by atoms with van der Waals surface area (Å²) in [6.45, 7) is 6.09. The van der Waals surface area contributed by atoms with Crippen LogP contribution in [0.25, 0.3) is 0 Å². The smallest absolute Gasteiger partial charge is 0.325 e. The molecule has 1 aliphatic heterocycles. The van der Waals surface area contributed by atoms with Gasteiger partial charge in [0.25, 0.3) is 0 Å². The summed E-state index contributed by atoms with van der Waals surface area (Å²) in [5.41, 5.74) is 5.20. The maximum absolute atomic E-state index is 11.9. The van der Waals surface area contributed by atoms with Gasteiger partial charge in [-0.05, 0) is 19.3 Å². The molecule has 20 heavy (non-hydrogen) atoms. The van der Waals surface area contributed by atoms with Crippen LogP contribution in [0.2, 0.25) is 0 Å². The number of imide groups is 1. The Labute approximate surface area is 125 Å². The molecule has 116 valence electrons. The number of nitrogens with two attached hydrogens (primary N) is 1. The second-order valence-electron chi connectivity index (χ2n) is 5.62. The summed E-state index contributed by atoms with van der Waals surface area (Å²) in [6.07, 6.45) is 0.750. The number of hydrogen-bond donors (Lipinski definition) is 3. The minimum Gasteiger partial charge on any atom is -0.348 e. The molecule has 8 heteroatoms. The van der Waals surface area contributed by atoms with Crippen molar-refractivity contribution in [3.8, 4) is 0 Å². The number of urea groups is 1. The fourth-order valence-electron chi connectivity index (χ4n) is 2.25. The van der Waals surface area contributed by atoms with Gasteiger partial charge in [0, 0.05) is 12.1 Å². The third kappa shape index (κ3) is 5.34. The molecule has 1 fully saturated rings. The molecule has 0 saturated carbocycles. The highest BCUT2D eigenvalue weighted by Crippen LogP contribution is 2.15. The lowest BCUT2D eigenvalue weighted by atomic mass is 9.91. The average Bonchev–Trinajstić information content (AvgIpc) is 2.55. The summed E-state index contributed by atoms with van der Waals surface area (Å²) in [4.78, 5) is 35.4. The van der Waals surface area contributed by atoms with Crippen molar-refractivity contribution in [3.63, 3.8) is 0 Å². The van der Waals surface area contributed by atoms with Crippen molar-refractivity contribution in [2.75, 3.05) is 19.6 Å². The minimum atomic E-state index is -0.529. The molecule has 0 aromatic rings. The molecule has 0 spiro atoms. The van der Waals surface area contributed by atoms with Crippen LogP contribution in [0.1, 0.15) is 27.2 Å². The van der Waals surface area contributed by atoms with Gasteiger partial charge >= 0.3 is 6.03 Å². The fourth-order valence-corrected chi connectivity index (χ4v) is 2.25. The van der Waals surface area contributed by atoms with Crippen molar-refractivity contribution in [1.82, 2.24) is 15.5 Å². The van der Waals surface area contributed by atoms with Crippen molar-refractivity contribution in [2.24, 2.45) is 11.7 Å². The van der Waals surface area contributed by atoms with E-state index in [0.717, 1.165) is 6.42 Å². The van der Waals surface area contributed by atoms with E-state index in [1.54, 1.807) is 0 Å². The molecule has 0 bridgehead atoms. The average molecular weight is 307 g/mol. The van der Waals surface area contributed by atoms with Gasteiger partial charge in [-0.25, -0.2) is 4.79 Å². The van der Waals surface area contributed by atoms with Crippen LogP contribution in [-0.4, -0.2) is 47.9 Å². The lowest BCUT2D eigenvalue weighted by Crippen LogP contribution is -2.54. The molecule has 1 saturated heterocycles. The molecule has 1 heterocycles. The van der Waals surface area contributed by atoms with E-state index in [1.807, 2.05) is 20.8 Å². The molecule has 1 atom stereocenters. The fraction of sp³-hybridized carbons (Fsp3) is 0.750. The van der Waals surface area contributed by atoms with E-state index in [1.165, 1.54) is 4.90 Å². The summed E-state index contributed by atoms with van der Waals surface area (Å²) in [6, 6.07) is -0.529. The zero-order valence-corrected chi connectivity index (χ0v) is 12.9. The molecule has 0 aromatic carbocycles. The normalized spacial score (nSPS) is 17.6. The van der Waals surface area contributed by atoms with Crippen molar-refractivity contribution >= 4 is 30.3 Å². The van der Waals surface area contributed by atoms with Crippen LogP contribution >= 0.6 is 12.4 Å². The number of nitrogens with one attached hydrogen (secondary N) is 2. The summed E-state index contributed by atoms with van der Waals surface area (Å²) >= 11 is 0. The Morgan fingerprint density at radius 2 is 2.10 bits per heavy atom. The predicted octanol–water partition coefficient (Wildman–Crippen LogP) is -0.160. The number of rotatable bonds is 6. The molecule has 1 unspecified atom stereocenters. The molecule has 4 N–H and O–H groups in total. The highest BCUT2D eigenvalue weighted by molar-refractivity contribution is 6.03. The first-order chi connectivity index (χ1) is 8.75. The molecule has 1 aliphatic rings. The first kappa shape index (κ1) is 18.7. The van der Waals surface area contributed by atoms with E-state index in [9.17, 15) is 14.4 Å². The molecular weight excluding hydrogens is 284 g/mol. The Kier molecular flexibility index (Phi) is 6.95. The van der Waals surface area contributed by atoms with Gasteiger partial charge in [0.05, 0.1) is 0 Å². The summed E-state index contributed by atoms with van der Waals surface area (Å²) in [5.74, 6) is -0.300. The molecule has 0 radical (unpaired) electrons. The van der Waals surface area contributed by atoms with Crippen LogP contribution in [0.4, 0.5) is 4.79 Å². The van der Waals surface area contributed by atoms with Gasteiger partial charge in [-0.2, -0.15) is 0 Å². The number of carbonyl (C=O) groups excluding carboxylic acids is 3. The monoisotopic (exact) mass is 306 g/mol. The zero-order chi connectivity index (χ0) is 14.6. The van der Waals surface area contributed by atoms with Gasteiger partial charge in [0.2, 0.25) is 11.8 Å². The van der Waals surface area contributed by atoms with Crippen molar-refractivity contribution in [3.05, 3.63) is 0 Å². The maximum Gasteiger partial charge on any atom is 0.325 e. The van der Waals surface area contributed by atoms with E-state index in [0.29, 0.717) is 12.5 Å². The van der Waals surface area contributed by atoms with Gasteiger partial charge in [0.15, 0.2) is 0 Å². The van der Waals surface area contributed by atoms with Crippen LogP contribution < -0.4 is 16.4 Å². The number of halogens is 1. The minimum absolute atomic E-state index is 0. The molecular formula is C12H23ClN4O3. The molecule has 7 nitrogen and oxygen atoms in total. The van der Waals surface area contributed by atoms with E-state index in [4.69, 9.17) is 5.73 Å².